The lowest BCUT2D eigenvalue weighted by Gasteiger charge is -2.11. The molecule has 0 aliphatic rings. The van der Waals surface area contributed by atoms with Gasteiger partial charge in [-0.25, -0.2) is 0 Å². The van der Waals surface area contributed by atoms with E-state index < -0.39 is 0 Å². The highest BCUT2D eigenvalue weighted by Gasteiger charge is 2.04. The van der Waals surface area contributed by atoms with Crippen LogP contribution in [-0.2, 0) is 6.54 Å². The number of aliphatic hydroxyl groups is 1. The minimum absolute atomic E-state index is 0.0109. The summed E-state index contributed by atoms with van der Waals surface area (Å²) in [6.45, 7) is 2.37. The molecule has 0 fully saturated rings. The second kappa shape index (κ2) is 4.83. The highest BCUT2D eigenvalue weighted by Crippen LogP contribution is 2.22. The van der Waals surface area contributed by atoms with Crippen LogP contribution in [-0.4, -0.2) is 28.0 Å². The topological polar surface area (TPSA) is 72.7 Å². The number of benzene rings is 1. The van der Waals surface area contributed by atoms with Crippen LogP contribution in [0.15, 0.2) is 18.2 Å². The average molecular weight is 197 g/mol. The monoisotopic (exact) mass is 197 g/mol. The van der Waals surface area contributed by atoms with E-state index in [1.165, 1.54) is 12.1 Å². The first-order valence-electron chi connectivity index (χ1n) is 4.48. The Bertz CT molecular complexity index is 301. The summed E-state index contributed by atoms with van der Waals surface area (Å²) >= 11 is 0. The van der Waals surface area contributed by atoms with Crippen molar-refractivity contribution in [1.29, 1.82) is 0 Å². The highest BCUT2D eigenvalue weighted by atomic mass is 16.3. The standard InChI is InChI=1S/C10H15NO3/c1-7(6-12)11-5-8-2-3-9(13)4-10(8)14/h2-4,7,11-14H,5-6H2,1H3. The normalized spacial score (nSPS) is 12.7. The fraction of sp³-hybridized carbons (Fsp3) is 0.400. The van der Waals surface area contributed by atoms with Crippen molar-refractivity contribution in [3.05, 3.63) is 23.8 Å². The maximum Gasteiger partial charge on any atom is 0.123 e. The first kappa shape index (κ1) is 10.8. The van der Waals surface area contributed by atoms with Crippen molar-refractivity contribution in [2.45, 2.75) is 19.5 Å². The molecule has 4 heteroatoms. The molecule has 1 atom stereocenters. The fourth-order valence-electron chi connectivity index (χ4n) is 1.05. The molecule has 4 nitrogen and oxygen atoms in total. The molecule has 4 N–H and O–H groups in total. The van der Waals surface area contributed by atoms with Gasteiger partial charge in [0.1, 0.15) is 11.5 Å². The van der Waals surface area contributed by atoms with Gasteiger partial charge in [-0.2, -0.15) is 0 Å². The summed E-state index contributed by atoms with van der Waals surface area (Å²) in [5.74, 6) is 0.101. The Balaban J connectivity index is 2.59. The first-order chi connectivity index (χ1) is 6.63. The van der Waals surface area contributed by atoms with E-state index in [2.05, 4.69) is 5.32 Å². The van der Waals surface area contributed by atoms with Gasteiger partial charge >= 0.3 is 0 Å². The van der Waals surface area contributed by atoms with Crippen molar-refractivity contribution < 1.29 is 15.3 Å². The van der Waals surface area contributed by atoms with Crippen LogP contribution in [0.1, 0.15) is 12.5 Å². The van der Waals surface area contributed by atoms with Gasteiger partial charge in [0.2, 0.25) is 0 Å². The Kier molecular flexibility index (Phi) is 3.73. The zero-order valence-electron chi connectivity index (χ0n) is 8.07. The van der Waals surface area contributed by atoms with Crippen molar-refractivity contribution in [3.63, 3.8) is 0 Å². The molecule has 0 saturated carbocycles. The summed E-state index contributed by atoms with van der Waals surface area (Å²) < 4.78 is 0. The largest absolute Gasteiger partial charge is 0.508 e. The molecule has 0 amide bonds. The number of nitrogens with one attached hydrogen (secondary N) is 1. The number of aromatic hydroxyl groups is 2. The quantitative estimate of drug-likeness (QED) is 0.569. The van der Waals surface area contributed by atoms with Gasteiger partial charge in [-0.15, -0.1) is 0 Å². The molecule has 1 unspecified atom stereocenters. The predicted molar refractivity (Wildman–Crippen MR) is 53.2 cm³/mol. The SMILES string of the molecule is CC(CO)NCc1ccc(O)cc1O. The predicted octanol–water partition coefficient (Wildman–Crippen LogP) is 0.568. The van der Waals surface area contributed by atoms with E-state index in [1.54, 1.807) is 6.07 Å². The Morgan fingerprint density at radius 3 is 2.64 bits per heavy atom. The molecule has 0 spiro atoms. The lowest BCUT2D eigenvalue weighted by molar-refractivity contribution is 0.250. The van der Waals surface area contributed by atoms with Crippen molar-refractivity contribution >= 4 is 0 Å². The van der Waals surface area contributed by atoms with Gasteiger partial charge in [-0.3, -0.25) is 0 Å². The van der Waals surface area contributed by atoms with E-state index in [1.807, 2.05) is 6.92 Å². The molecule has 0 heterocycles. The van der Waals surface area contributed by atoms with Crippen LogP contribution in [0.4, 0.5) is 0 Å². The number of hydrogen-bond donors (Lipinski definition) is 4. The molecule has 0 bridgehead atoms. The zero-order chi connectivity index (χ0) is 10.6. The number of rotatable bonds is 4. The van der Waals surface area contributed by atoms with Gasteiger partial charge in [-0.05, 0) is 13.0 Å². The van der Waals surface area contributed by atoms with E-state index in [0.717, 1.165) is 0 Å². The minimum Gasteiger partial charge on any atom is -0.508 e. The van der Waals surface area contributed by atoms with Gasteiger partial charge in [0, 0.05) is 24.2 Å². The van der Waals surface area contributed by atoms with Crippen LogP contribution < -0.4 is 5.32 Å². The molecule has 14 heavy (non-hydrogen) atoms. The summed E-state index contributed by atoms with van der Waals surface area (Å²) in [5.41, 5.74) is 0.697. The van der Waals surface area contributed by atoms with Gasteiger partial charge in [0.05, 0.1) is 6.61 Å². The maximum absolute atomic E-state index is 9.41. The molecule has 78 valence electrons. The summed E-state index contributed by atoms with van der Waals surface area (Å²) in [6, 6.07) is 4.44. The Morgan fingerprint density at radius 1 is 1.36 bits per heavy atom. The molecule has 0 saturated heterocycles. The van der Waals surface area contributed by atoms with Crippen LogP contribution in [0.5, 0.6) is 11.5 Å². The third-order valence-corrected chi connectivity index (χ3v) is 1.98. The maximum atomic E-state index is 9.41. The van der Waals surface area contributed by atoms with E-state index in [9.17, 15) is 5.11 Å². The minimum atomic E-state index is -0.0109. The second-order valence-electron chi connectivity index (χ2n) is 3.28. The third kappa shape index (κ3) is 2.90. The summed E-state index contributed by atoms with van der Waals surface area (Å²) in [7, 11) is 0. The number of phenolic OH excluding ortho intramolecular Hbond substituents is 2. The zero-order valence-corrected chi connectivity index (χ0v) is 8.07. The van der Waals surface area contributed by atoms with Crippen molar-refractivity contribution in [3.8, 4) is 11.5 Å². The number of phenols is 2. The van der Waals surface area contributed by atoms with E-state index in [0.29, 0.717) is 12.1 Å². The Morgan fingerprint density at radius 2 is 2.07 bits per heavy atom. The van der Waals surface area contributed by atoms with Gasteiger partial charge < -0.3 is 20.6 Å². The fourth-order valence-corrected chi connectivity index (χ4v) is 1.05. The van der Waals surface area contributed by atoms with Gasteiger partial charge in [0.25, 0.3) is 0 Å². The molecule has 1 aromatic carbocycles. The van der Waals surface area contributed by atoms with Crippen LogP contribution in [0.2, 0.25) is 0 Å². The number of hydrogen-bond acceptors (Lipinski definition) is 4. The smallest absolute Gasteiger partial charge is 0.123 e. The van der Waals surface area contributed by atoms with Crippen LogP contribution in [0, 0.1) is 0 Å². The van der Waals surface area contributed by atoms with Gasteiger partial charge in [-0.1, -0.05) is 6.07 Å². The van der Waals surface area contributed by atoms with Gasteiger partial charge in [0.15, 0.2) is 0 Å². The highest BCUT2D eigenvalue weighted by molar-refractivity contribution is 5.38. The summed E-state index contributed by atoms with van der Waals surface area (Å²) in [5, 5.41) is 30.2. The van der Waals surface area contributed by atoms with E-state index in [4.69, 9.17) is 10.2 Å². The lowest BCUT2D eigenvalue weighted by Crippen LogP contribution is -2.28. The molecular formula is C10H15NO3. The molecule has 0 aromatic heterocycles. The van der Waals surface area contributed by atoms with Crippen LogP contribution in [0.3, 0.4) is 0 Å². The number of aliphatic hydroxyl groups excluding tert-OH is 1. The third-order valence-electron chi connectivity index (χ3n) is 1.98. The van der Waals surface area contributed by atoms with Crippen molar-refractivity contribution in [2.24, 2.45) is 0 Å². The van der Waals surface area contributed by atoms with Crippen molar-refractivity contribution in [2.75, 3.05) is 6.61 Å². The molecule has 0 aliphatic heterocycles. The average Bonchev–Trinajstić information content (AvgIpc) is 2.16. The van der Waals surface area contributed by atoms with Crippen LogP contribution in [0.25, 0.3) is 0 Å². The van der Waals surface area contributed by atoms with Crippen LogP contribution >= 0.6 is 0 Å². The molecule has 0 radical (unpaired) electrons. The Labute approximate surface area is 82.8 Å². The molecule has 1 aromatic rings. The summed E-state index contributed by atoms with van der Waals surface area (Å²) in [6.07, 6.45) is 0. The lowest BCUT2D eigenvalue weighted by atomic mass is 10.2. The van der Waals surface area contributed by atoms with E-state index >= 15 is 0 Å². The second-order valence-corrected chi connectivity index (χ2v) is 3.28. The Hall–Kier alpha value is -1.26. The first-order valence-corrected chi connectivity index (χ1v) is 4.48. The molecule has 1 rings (SSSR count). The molecule has 0 aliphatic carbocycles. The summed E-state index contributed by atoms with van der Waals surface area (Å²) in [4.78, 5) is 0. The van der Waals surface area contributed by atoms with Crippen molar-refractivity contribution in [1.82, 2.24) is 5.32 Å². The van der Waals surface area contributed by atoms with E-state index in [-0.39, 0.29) is 24.1 Å². The molecular weight excluding hydrogens is 182 g/mol.